The molecule has 0 bridgehead atoms. The number of carbonyl (C=O) groups excluding carboxylic acids is 2. The van der Waals surface area contributed by atoms with Gasteiger partial charge in [-0.15, -0.1) is 0 Å². The molecule has 4 N–H and O–H groups in total. The quantitative estimate of drug-likeness (QED) is 0.0953. The van der Waals surface area contributed by atoms with Crippen LogP contribution >= 0.6 is 0 Å². The maximum Gasteiger partial charge on any atom is 0.261 e. The third kappa shape index (κ3) is 7.19. The van der Waals surface area contributed by atoms with Gasteiger partial charge in [0.05, 0.1) is 17.8 Å². The highest BCUT2D eigenvalue weighted by Crippen LogP contribution is 2.40. The van der Waals surface area contributed by atoms with E-state index in [1.807, 2.05) is 35.0 Å². The number of rotatable bonds is 13. The Labute approximate surface area is 328 Å². The molecule has 3 aromatic carbocycles. The van der Waals surface area contributed by atoms with Crippen LogP contribution in [0.2, 0.25) is 0 Å². The molecule has 8 rings (SSSR count). The first kappa shape index (κ1) is 36.8. The van der Waals surface area contributed by atoms with E-state index in [1.165, 1.54) is 0 Å². The Morgan fingerprint density at radius 3 is 2.39 bits per heavy atom. The van der Waals surface area contributed by atoms with Gasteiger partial charge in [-0.25, -0.2) is 4.98 Å². The number of benzene rings is 3. The molecule has 10 heteroatoms. The molecule has 5 aromatic rings. The predicted molar refractivity (Wildman–Crippen MR) is 225 cm³/mol. The molecule has 3 aliphatic rings. The van der Waals surface area contributed by atoms with Crippen molar-refractivity contribution in [2.45, 2.75) is 89.4 Å². The number of nitrogens with one attached hydrogen (secondary N) is 4. The normalized spacial score (nSPS) is 19.4. The molecule has 2 unspecified atom stereocenters. The molecule has 10 nitrogen and oxygen atoms in total. The number of anilines is 2. The van der Waals surface area contributed by atoms with E-state index in [2.05, 4.69) is 115 Å². The number of aromatic nitrogens is 3. The second-order valence-corrected chi connectivity index (χ2v) is 15.3. The van der Waals surface area contributed by atoms with E-state index in [0.717, 1.165) is 88.5 Å². The van der Waals surface area contributed by atoms with Gasteiger partial charge in [0, 0.05) is 77.1 Å². The summed E-state index contributed by atoms with van der Waals surface area (Å²) in [6, 6.07) is 27.4. The lowest BCUT2D eigenvalue weighted by Gasteiger charge is -2.33. The van der Waals surface area contributed by atoms with Crippen LogP contribution in [0.25, 0.3) is 28.2 Å². The first-order valence-corrected chi connectivity index (χ1v) is 19.9. The van der Waals surface area contributed by atoms with Gasteiger partial charge < -0.3 is 21.3 Å². The molecule has 2 aromatic heterocycles. The molecular weight excluding hydrogens is 697 g/mol. The molecule has 4 heterocycles. The second-order valence-electron chi connectivity index (χ2n) is 15.3. The minimum absolute atomic E-state index is 0.0720. The third-order valence-corrected chi connectivity index (χ3v) is 11.7. The van der Waals surface area contributed by atoms with Crippen LogP contribution in [0.1, 0.15) is 97.5 Å². The summed E-state index contributed by atoms with van der Waals surface area (Å²) in [7, 11) is 0. The monoisotopic (exact) mass is 746 g/mol. The summed E-state index contributed by atoms with van der Waals surface area (Å²) in [5.74, 6) is 1.26. The van der Waals surface area contributed by atoms with Crippen molar-refractivity contribution < 1.29 is 9.59 Å². The lowest BCUT2D eigenvalue weighted by atomic mass is 9.99. The van der Waals surface area contributed by atoms with E-state index in [0.29, 0.717) is 54.3 Å². The van der Waals surface area contributed by atoms with Crippen molar-refractivity contribution >= 4 is 40.4 Å². The second kappa shape index (κ2) is 15.5. The molecule has 2 amide bonds. The van der Waals surface area contributed by atoms with E-state index in [1.54, 1.807) is 4.90 Å². The SMILES string of the molecule is C=C(N[C@H]1CCC(Nc2cc(C(CC)CC)nc3ccnn23)C1)c1ccc(-c2ccc(CNc3cccc4c3C(=O)N(C3CCC(=O)NC3=C)C4=C)cc2)cc1. The summed E-state index contributed by atoms with van der Waals surface area (Å²) >= 11 is 0. The van der Waals surface area contributed by atoms with Crippen molar-refractivity contribution in [2.24, 2.45) is 0 Å². The predicted octanol–water partition coefficient (Wildman–Crippen LogP) is 8.72. The van der Waals surface area contributed by atoms with Crippen LogP contribution < -0.4 is 21.3 Å². The van der Waals surface area contributed by atoms with Crippen molar-refractivity contribution in [2.75, 3.05) is 10.6 Å². The molecule has 1 saturated heterocycles. The zero-order chi connectivity index (χ0) is 38.9. The molecule has 0 spiro atoms. The van der Waals surface area contributed by atoms with Crippen LogP contribution in [0, 0.1) is 0 Å². The van der Waals surface area contributed by atoms with Gasteiger partial charge in [-0.05, 0) is 66.8 Å². The Morgan fingerprint density at radius 2 is 1.66 bits per heavy atom. The van der Waals surface area contributed by atoms with E-state index < -0.39 is 0 Å². The highest BCUT2D eigenvalue weighted by atomic mass is 16.2. The first-order valence-electron chi connectivity index (χ1n) is 19.9. The van der Waals surface area contributed by atoms with Gasteiger partial charge in [-0.2, -0.15) is 9.61 Å². The number of fused-ring (bicyclic) bond motifs is 2. The Balaban J connectivity index is 0.855. The Kier molecular flexibility index (Phi) is 10.2. The number of piperidine rings is 1. The number of nitrogens with zero attached hydrogens (tertiary/aromatic N) is 4. The molecule has 56 heavy (non-hydrogen) atoms. The third-order valence-electron chi connectivity index (χ3n) is 11.7. The van der Waals surface area contributed by atoms with Crippen LogP contribution in [0.4, 0.5) is 11.5 Å². The van der Waals surface area contributed by atoms with Gasteiger partial charge in [0.15, 0.2) is 5.65 Å². The Morgan fingerprint density at radius 1 is 0.929 bits per heavy atom. The van der Waals surface area contributed by atoms with E-state index >= 15 is 0 Å². The van der Waals surface area contributed by atoms with Crippen LogP contribution in [0.3, 0.4) is 0 Å². The standard InChI is InChI=1S/C46H50N8O2/c1-6-32(7-2)40-26-43(54-42(52-40)23-24-48-54)51-37-20-19-36(25-37)49-28(3)33-15-17-35(18-16-33)34-13-11-31(12-14-34)27-47-39-10-8-9-38-30(5)53(46(56)45(38)39)41-21-22-44(55)50-29(41)4/h8-18,23-24,26,32,36-37,41,47,49,51H,3-7,19-22,25,27H2,1-2H3,(H,50,55)/t36-,37?,41?/m0/s1. The van der Waals surface area contributed by atoms with Crippen LogP contribution in [0.5, 0.6) is 0 Å². The van der Waals surface area contributed by atoms with Gasteiger partial charge in [0.2, 0.25) is 5.91 Å². The van der Waals surface area contributed by atoms with Gasteiger partial charge in [-0.3, -0.25) is 14.5 Å². The van der Waals surface area contributed by atoms with Crippen molar-refractivity contribution in [1.29, 1.82) is 0 Å². The highest BCUT2D eigenvalue weighted by molar-refractivity contribution is 6.13. The molecule has 286 valence electrons. The van der Waals surface area contributed by atoms with E-state index in [9.17, 15) is 9.59 Å². The summed E-state index contributed by atoms with van der Waals surface area (Å²) in [4.78, 5) is 32.1. The maximum atomic E-state index is 13.7. The van der Waals surface area contributed by atoms with E-state index in [-0.39, 0.29) is 17.9 Å². The number of amides is 2. The summed E-state index contributed by atoms with van der Waals surface area (Å²) in [6.07, 6.45) is 7.96. The van der Waals surface area contributed by atoms with Crippen LogP contribution in [0.15, 0.2) is 110 Å². The number of hydrogen-bond donors (Lipinski definition) is 4. The van der Waals surface area contributed by atoms with E-state index in [4.69, 9.17) is 4.98 Å². The maximum absolute atomic E-state index is 13.7. The average molecular weight is 747 g/mol. The molecule has 0 radical (unpaired) electrons. The van der Waals surface area contributed by atoms with Gasteiger partial charge in [0.25, 0.3) is 5.91 Å². The Hall–Kier alpha value is -6.16. The van der Waals surface area contributed by atoms with Crippen molar-refractivity contribution in [3.8, 4) is 11.1 Å². The molecule has 3 atom stereocenters. The van der Waals surface area contributed by atoms with Crippen LogP contribution in [-0.4, -0.2) is 49.4 Å². The highest BCUT2D eigenvalue weighted by Gasteiger charge is 2.40. The number of hydrogen-bond acceptors (Lipinski definition) is 7. The lowest BCUT2D eigenvalue weighted by molar-refractivity contribution is -0.121. The fourth-order valence-corrected chi connectivity index (χ4v) is 8.53. The first-order chi connectivity index (χ1) is 27.2. The number of carbonyl (C=O) groups is 2. The van der Waals surface area contributed by atoms with Crippen molar-refractivity contribution in [3.63, 3.8) is 0 Å². The topological polar surface area (TPSA) is 116 Å². The van der Waals surface area contributed by atoms with Gasteiger partial charge in [-0.1, -0.05) is 94.2 Å². The fraction of sp³-hybridized carbons (Fsp3) is 0.304. The minimum Gasteiger partial charge on any atom is -0.382 e. The van der Waals surface area contributed by atoms with Crippen molar-refractivity contribution in [1.82, 2.24) is 30.1 Å². The minimum atomic E-state index is -0.312. The van der Waals surface area contributed by atoms with Crippen molar-refractivity contribution in [3.05, 3.63) is 138 Å². The summed E-state index contributed by atoms with van der Waals surface area (Å²) in [5.41, 5.74) is 10.7. The summed E-state index contributed by atoms with van der Waals surface area (Å²) in [6.45, 7) is 17.6. The smallest absolute Gasteiger partial charge is 0.261 e. The summed E-state index contributed by atoms with van der Waals surface area (Å²) < 4.78 is 1.92. The molecule has 1 aliphatic carbocycles. The molecule has 1 saturated carbocycles. The summed E-state index contributed by atoms with van der Waals surface area (Å²) in [5, 5.41) is 18.3. The molecule has 2 fully saturated rings. The lowest BCUT2D eigenvalue weighted by Crippen LogP contribution is -2.45. The fourth-order valence-electron chi connectivity index (χ4n) is 8.53. The zero-order valence-electron chi connectivity index (χ0n) is 32.3. The molecular formula is C46H50N8O2. The van der Waals surface area contributed by atoms with Gasteiger partial charge >= 0.3 is 0 Å². The van der Waals surface area contributed by atoms with Gasteiger partial charge in [0.1, 0.15) is 5.82 Å². The largest absolute Gasteiger partial charge is 0.382 e. The Bertz CT molecular complexity index is 2320. The average Bonchev–Trinajstić information content (AvgIpc) is 3.93. The zero-order valence-corrected chi connectivity index (χ0v) is 32.3. The molecule has 2 aliphatic heterocycles. The van der Waals surface area contributed by atoms with Crippen LogP contribution in [-0.2, 0) is 11.3 Å².